The molecular formula is C17H17F2NO3. The minimum Gasteiger partial charge on any atom is -0.486 e. The molecule has 4 nitrogen and oxygen atoms in total. The van der Waals surface area contributed by atoms with Crippen LogP contribution in [0.1, 0.15) is 18.5 Å². The number of halogens is 2. The molecule has 1 N–H and O–H groups in total. The molecule has 1 unspecified atom stereocenters. The zero-order valence-corrected chi connectivity index (χ0v) is 12.6. The molecule has 1 aliphatic rings. The lowest BCUT2D eigenvalue weighted by molar-refractivity contribution is -0.0505. The van der Waals surface area contributed by atoms with Gasteiger partial charge in [0, 0.05) is 5.56 Å². The average molecular weight is 321 g/mol. The van der Waals surface area contributed by atoms with Gasteiger partial charge < -0.3 is 19.5 Å². The van der Waals surface area contributed by atoms with Gasteiger partial charge in [-0.3, -0.25) is 0 Å². The van der Waals surface area contributed by atoms with E-state index in [9.17, 15) is 8.78 Å². The van der Waals surface area contributed by atoms with E-state index in [2.05, 4.69) is 10.1 Å². The second-order valence-electron chi connectivity index (χ2n) is 5.11. The molecule has 23 heavy (non-hydrogen) atoms. The Hall–Kier alpha value is -2.50. The summed E-state index contributed by atoms with van der Waals surface area (Å²) in [7, 11) is 0. The molecule has 1 atom stereocenters. The molecule has 0 spiro atoms. The van der Waals surface area contributed by atoms with Gasteiger partial charge in [-0.1, -0.05) is 24.3 Å². The SMILES string of the molecule is CC(Nc1cccc2c1OCCO2)c1ccccc1OC(F)F. The first kappa shape index (κ1) is 15.4. The van der Waals surface area contributed by atoms with Crippen molar-refractivity contribution >= 4 is 5.69 Å². The Labute approximate surface area is 133 Å². The maximum Gasteiger partial charge on any atom is 0.387 e. The Balaban J connectivity index is 1.84. The van der Waals surface area contributed by atoms with E-state index in [0.29, 0.717) is 30.3 Å². The minimum atomic E-state index is -2.86. The highest BCUT2D eigenvalue weighted by Gasteiger charge is 2.19. The Bertz CT molecular complexity index is 679. The number of hydrogen-bond donors (Lipinski definition) is 1. The van der Waals surface area contributed by atoms with E-state index in [0.717, 1.165) is 5.69 Å². The molecule has 0 fully saturated rings. The number of benzene rings is 2. The number of hydrogen-bond acceptors (Lipinski definition) is 4. The van der Waals surface area contributed by atoms with Gasteiger partial charge in [0.1, 0.15) is 19.0 Å². The summed E-state index contributed by atoms with van der Waals surface area (Å²) in [5.74, 6) is 1.47. The highest BCUT2D eigenvalue weighted by molar-refractivity contribution is 5.64. The fourth-order valence-corrected chi connectivity index (χ4v) is 2.54. The number of para-hydroxylation sites is 2. The first-order valence-corrected chi connectivity index (χ1v) is 7.34. The molecule has 3 rings (SSSR count). The van der Waals surface area contributed by atoms with Crippen molar-refractivity contribution in [2.75, 3.05) is 18.5 Å². The second kappa shape index (κ2) is 6.73. The summed E-state index contributed by atoms with van der Waals surface area (Å²) in [6.45, 7) is 0.00320. The molecule has 0 bridgehead atoms. The van der Waals surface area contributed by atoms with Crippen LogP contribution in [0.25, 0.3) is 0 Å². The highest BCUT2D eigenvalue weighted by atomic mass is 19.3. The van der Waals surface area contributed by atoms with Crippen molar-refractivity contribution in [3.05, 3.63) is 48.0 Å². The van der Waals surface area contributed by atoms with Crippen molar-refractivity contribution in [2.45, 2.75) is 19.6 Å². The largest absolute Gasteiger partial charge is 0.486 e. The Morgan fingerprint density at radius 2 is 1.83 bits per heavy atom. The van der Waals surface area contributed by atoms with Crippen LogP contribution in [0.3, 0.4) is 0 Å². The van der Waals surface area contributed by atoms with E-state index in [-0.39, 0.29) is 11.8 Å². The lowest BCUT2D eigenvalue weighted by Crippen LogP contribution is -2.17. The number of fused-ring (bicyclic) bond motifs is 1. The normalized spacial score (nSPS) is 14.4. The molecule has 1 heterocycles. The summed E-state index contributed by atoms with van der Waals surface area (Å²) in [4.78, 5) is 0. The van der Waals surface area contributed by atoms with Gasteiger partial charge in [0.2, 0.25) is 0 Å². The average Bonchev–Trinajstić information content (AvgIpc) is 2.55. The predicted octanol–water partition coefficient (Wildman–Crippen LogP) is 4.23. The van der Waals surface area contributed by atoms with E-state index < -0.39 is 6.61 Å². The van der Waals surface area contributed by atoms with Gasteiger partial charge in [-0.05, 0) is 25.1 Å². The molecule has 0 aliphatic carbocycles. The molecule has 1 aliphatic heterocycles. The first-order valence-electron chi connectivity index (χ1n) is 7.34. The number of alkyl halides is 2. The van der Waals surface area contributed by atoms with Gasteiger partial charge in [0.25, 0.3) is 0 Å². The van der Waals surface area contributed by atoms with Crippen LogP contribution >= 0.6 is 0 Å². The van der Waals surface area contributed by atoms with Gasteiger partial charge in [-0.15, -0.1) is 0 Å². The van der Waals surface area contributed by atoms with Gasteiger partial charge in [0.05, 0.1) is 11.7 Å². The topological polar surface area (TPSA) is 39.7 Å². The Kier molecular flexibility index (Phi) is 4.50. The zero-order chi connectivity index (χ0) is 16.2. The number of anilines is 1. The van der Waals surface area contributed by atoms with Crippen LogP contribution in [0.2, 0.25) is 0 Å². The fourth-order valence-electron chi connectivity index (χ4n) is 2.54. The van der Waals surface area contributed by atoms with E-state index in [1.807, 2.05) is 25.1 Å². The molecule has 122 valence electrons. The van der Waals surface area contributed by atoms with Gasteiger partial charge in [0.15, 0.2) is 11.5 Å². The van der Waals surface area contributed by atoms with Crippen LogP contribution in [0.15, 0.2) is 42.5 Å². The van der Waals surface area contributed by atoms with E-state index in [1.54, 1.807) is 18.2 Å². The lowest BCUT2D eigenvalue weighted by atomic mass is 10.1. The molecule has 0 amide bonds. The summed E-state index contributed by atoms with van der Waals surface area (Å²) >= 11 is 0. The van der Waals surface area contributed by atoms with Crippen LogP contribution in [0.5, 0.6) is 17.2 Å². The first-order chi connectivity index (χ1) is 11.1. The molecule has 0 radical (unpaired) electrons. The van der Waals surface area contributed by atoms with Gasteiger partial charge >= 0.3 is 6.61 Å². The summed E-state index contributed by atoms with van der Waals surface area (Å²) in [5, 5.41) is 3.27. The van der Waals surface area contributed by atoms with Crippen LogP contribution in [-0.4, -0.2) is 19.8 Å². The lowest BCUT2D eigenvalue weighted by Gasteiger charge is -2.24. The number of nitrogens with one attached hydrogen (secondary N) is 1. The molecule has 2 aromatic rings. The summed E-state index contributed by atoms with van der Waals surface area (Å²) < 4.78 is 40.8. The van der Waals surface area contributed by atoms with Crippen LogP contribution in [0, 0.1) is 0 Å². The fraction of sp³-hybridized carbons (Fsp3) is 0.294. The summed E-state index contributed by atoms with van der Waals surface area (Å²) in [6, 6.07) is 12.0. The monoisotopic (exact) mass is 321 g/mol. The van der Waals surface area contributed by atoms with Crippen molar-refractivity contribution in [2.24, 2.45) is 0 Å². The zero-order valence-electron chi connectivity index (χ0n) is 12.6. The van der Waals surface area contributed by atoms with Crippen LogP contribution in [-0.2, 0) is 0 Å². The third-order valence-electron chi connectivity index (χ3n) is 3.54. The van der Waals surface area contributed by atoms with Crippen molar-refractivity contribution in [3.63, 3.8) is 0 Å². The van der Waals surface area contributed by atoms with Crippen molar-refractivity contribution in [1.29, 1.82) is 0 Å². The summed E-state index contributed by atoms with van der Waals surface area (Å²) in [6.07, 6.45) is 0. The van der Waals surface area contributed by atoms with Gasteiger partial charge in [-0.2, -0.15) is 8.78 Å². The Morgan fingerprint density at radius 3 is 2.65 bits per heavy atom. The van der Waals surface area contributed by atoms with Crippen molar-refractivity contribution in [3.8, 4) is 17.2 Å². The third-order valence-corrected chi connectivity index (χ3v) is 3.54. The highest BCUT2D eigenvalue weighted by Crippen LogP contribution is 2.39. The molecule has 6 heteroatoms. The summed E-state index contributed by atoms with van der Waals surface area (Å²) in [5.41, 5.74) is 1.39. The van der Waals surface area contributed by atoms with Crippen LogP contribution < -0.4 is 19.5 Å². The van der Waals surface area contributed by atoms with Crippen molar-refractivity contribution in [1.82, 2.24) is 0 Å². The molecule has 0 saturated heterocycles. The molecule has 0 aromatic heterocycles. The quantitative estimate of drug-likeness (QED) is 0.894. The number of rotatable bonds is 5. The molecular weight excluding hydrogens is 304 g/mol. The minimum absolute atomic E-state index is 0.157. The second-order valence-corrected chi connectivity index (χ2v) is 5.11. The molecule has 2 aromatic carbocycles. The Morgan fingerprint density at radius 1 is 1.04 bits per heavy atom. The third kappa shape index (κ3) is 3.47. The smallest absolute Gasteiger partial charge is 0.387 e. The maximum atomic E-state index is 12.5. The van der Waals surface area contributed by atoms with Crippen LogP contribution in [0.4, 0.5) is 14.5 Å². The van der Waals surface area contributed by atoms with Crippen molar-refractivity contribution < 1.29 is 23.0 Å². The standard InChI is InChI=1S/C17H17F2NO3/c1-11(12-5-2-3-7-14(12)23-17(18)19)20-13-6-4-8-15-16(13)22-10-9-21-15/h2-8,11,17,20H,9-10H2,1H3. The van der Waals surface area contributed by atoms with Gasteiger partial charge in [-0.25, -0.2) is 0 Å². The predicted molar refractivity (Wildman–Crippen MR) is 82.5 cm³/mol. The maximum absolute atomic E-state index is 12.5. The van der Waals surface area contributed by atoms with E-state index in [4.69, 9.17) is 9.47 Å². The number of ether oxygens (including phenoxy) is 3. The van der Waals surface area contributed by atoms with E-state index >= 15 is 0 Å². The molecule has 0 saturated carbocycles. The van der Waals surface area contributed by atoms with E-state index in [1.165, 1.54) is 6.07 Å².